The summed E-state index contributed by atoms with van der Waals surface area (Å²) in [5, 5.41) is 12.6. The van der Waals surface area contributed by atoms with Crippen molar-refractivity contribution >= 4 is 5.97 Å². The topological polar surface area (TPSA) is 49.3 Å². The monoisotopic (exact) mass is 305 g/mol. The van der Waals surface area contributed by atoms with E-state index in [-0.39, 0.29) is 12.5 Å². The van der Waals surface area contributed by atoms with Gasteiger partial charge in [-0.1, -0.05) is 58.0 Å². The molecule has 3 nitrogen and oxygen atoms in total. The first kappa shape index (κ1) is 18.7. The van der Waals surface area contributed by atoms with E-state index in [1.807, 2.05) is 18.2 Å². The van der Waals surface area contributed by atoms with Gasteiger partial charge in [-0.2, -0.15) is 0 Å². The molecule has 1 rings (SSSR count). The molecule has 0 aromatic heterocycles. The second-order valence-corrected chi connectivity index (χ2v) is 6.88. The van der Waals surface area contributed by atoms with Crippen molar-refractivity contribution in [3.63, 3.8) is 0 Å². The molecule has 0 saturated heterocycles. The minimum atomic E-state index is -0.718. The highest BCUT2D eigenvalue weighted by atomic mass is 16.4. The van der Waals surface area contributed by atoms with E-state index in [1.54, 1.807) is 0 Å². The van der Waals surface area contributed by atoms with Gasteiger partial charge in [0.15, 0.2) is 0 Å². The van der Waals surface area contributed by atoms with Crippen LogP contribution in [0.2, 0.25) is 0 Å². The Morgan fingerprint density at radius 1 is 1.09 bits per heavy atom. The van der Waals surface area contributed by atoms with Crippen molar-refractivity contribution in [1.29, 1.82) is 0 Å². The highest BCUT2D eigenvalue weighted by Crippen LogP contribution is 2.20. The van der Waals surface area contributed by atoms with Gasteiger partial charge in [-0.15, -0.1) is 0 Å². The molecule has 1 aromatic carbocycles. The Balaban J connectivity index is 2.62. The average Bonchev–Trinajstić information content (AvgIpc) is 2.44. The van der Waals surface area contributed by atoms with Gasteiger partial charge in [0.2, 0.25) is 0 Å². The Kier molecular flexibility index (Phi) is 8.18. The lowest BCUT2D eigenvalue weighted by Gasteiger charge is -2.28. The van der Waals surface area contributed by atoms with Crippen LogP contribution in [0.25, 0.3) is 0 Å². The summed E-state index contributed by atoms with van der Waals surface area (Å²) in [6.07, 6.45) is 1.78. The average molecular weight is 305 g/mol. The predicted octanol–water partition coefficient (Wildman–Crippen LogP) is 3.98. The fourth-order valence-electron chi connectivity index (χ4n) is 3.02. The van der Waals surface area contributed by atoms with Crippen molar-refractivity contribution in [2.24, 2.45) is 17.8 Å². The number of carboxylic acid groups (broad SMARTS) is 1. The largest absolute Gasteiger partial charge is 0.481 e. The quantitative estimate of drug-likeness (QED) is 0.687. The number of carbonyl (C=O) groups is 1. The van der Waals surface area contributed by atoms with E-state index in [4.69, 9.17) is 5.11 Å². The summed E-state index contributed by atoms with van der Waals surface area (Å²) >= 11 is 0. The molecule has 1 unspecified atom stereocenters. The van der Waals surface area contributed by atoms with Gasteiger partial charge in [-0.25, -0.2) is 0 Å². The van der Waals surface area contributed by atoms with E-state index in [0.717, 1.165) is 13.0 Å². The summed E-state index contributed by atoms with van der Waals surface area (Å²) in [4.78, 5) is 10.9. The number of rotatable bonds is 10. The van der Waals surface area contributed by atoms with Gasteiger partial charge in [-0.05, 0) is 42.7 Å². The maximum Gasteiger partial charge on any atom is 0.303 e. The Bertz CT molecular complexity index is 420. The molecule has 0 aliphatic carbocycles. The van der Waals surface area contributed by atoms with Crippen molar-refractivity contribution in [3.8, 4) is 0 Å². The lowest BCUT2D eigenvalue weighted by molar-refractivity contribution is -0.137. The minimum absolute atomic E-state index is 0.221. The van der Waals surface area contributed by atoms with E-state index in [1.165, 1.54) is 5.56 Å². The molecule has 0 saturated carbocycles. The zero-order valence-corrected chi connectivity index (χ0v) is 14.4. The van der Waals surface area contributed by atoms with Gasteiger partial charge in [0.1, 0.15) is 0 Å². The van der Waals surface area contributed by atoms with E-state index >= 15 is 0 Å². The predicted molar refractivity (Wildman–Crippen MR) is 92.0 cm³/mol. The number of benzene rings is 1. The van der Waals surface area contributed by atoms with Crippen LogP contribution >= 0.6 is 0 Å². The minimum Gasteiger partial charge on any atom is -0.481 e. The van der Waals surface area contributed by atoms with E-state index < -0.39 is 5.97 Å². The van der Waals surface area contributed by atoms with Gasteiger partial charge >= 0.3 is 5.97 Å². The Hall–Kier alpha value is -1.35. The van der Waals surface area contributed by atoms with Crippen LogP contribution in [-0.2, 0) is 11.2 Å². The molecule has 0 bridgehead atoms. The molecule has 3 heteroatoms. The van der Waals surface area contributed by atoms with Gasteiger partial charge in [0.25, 0.3) is 0 Å². The normalized spacial score (nSPS) is 13.0. The maximum absolute atomic E-state index is 10.9. The van der Waals surface area contributed by atoms with Crippen molar-refractivity contribution in [2.75, 3.05) is 6.54 Å². The lowest BCUT2D eigenvalue weighted by Crippen LogP contribution is -2.38. The molecule has 0 amide bonds. The molecule has 124 valence electrons. The molecule has 0 radical (unpaired) electrons. The van der Waals surface area contributed by atoms with Gasteiger partial charge in [0, 0.05) is 12.5 Å². The molecule has 0 aliphatic rings. The van der Waals surface area contributed by atoms with Crippen LogP contribution in [0.4, 0.5) is 0 Å². The molecule has 0 spiro atoms. The van der Waals surface area contributed by atoms with Crippen LogP contribution in [-0.4, -0.2) is 23.7 Å². The number of aliphatic carboxylic acids is 1. The smallest absolute Gasteiger partial charge is 0.303 e. The lowest BCUT2D eigenvalue weighted by atomic mass is 9.85. The first-order valence-corrected chi connectivity index (χ1v) is 8.39. The second kappa shape index (κ2) is 9.62. The second-order valence-electron chi connectivity index (χ2n) is 6.88. The van der Waals surface area contributed by atoms with Gasteiger partial charge < -0.3 is 10.4 Å². The van der Waals surface area contributed by atoms with Crippen LogP contribution in [0.5, 0.6) is 0 Å². The van der Waals surface area contributed by atoms with E-state index in [9.17, 15) is 4.79 Å². The zero-order valence-electron chi connectivity index (χ0n) is 14.4. The fraction of sp³-hybridized carbons (Fsp3) is 0.632. The summed E-state index contributed by atoms with van der Waals surface area (Å²) in [6.45, 7) is 9.99. The van der Waals surface area contributed by atoms with Crippen LogP contribution < -0.4 is 5.32 Å². The van der Waals surface area contributed by atoms with E-state index in [0.29, 0.717) is 24.2 Å². The number of carboxylic acids is 1. The first-order valence-electron chi connectivity index (χ1n) is 8.39. The SMILES string of the molecule is CC(C)C(CNC(CCC(=O)O)Cc1ccccc1)C(C)C. The molecule has 22 heavy (non-hydrogen) atoms. The van der Waals surface area contributed by atoms with Crippen molar-refractivity contribution < 1.29 is 9.90 Å². The highest BCUT2D eigenvalue weighted by molar-refractivity contribution is 5.66. The Labute approximate surface area is 135 Å². The molecule has 1 aromatic rings. The highest BCUT2D eigenvalue weighted by Gasteiger charge is 2.19. The standard InChI is InChI=1S/C19H31NO2/c1-14(2)18(15(3)4)13-20-17(10-11-19(21)22)12-16-8-6-5-7-9-16/h5-9,14-15,17-18,20H,10-13H2,1-4H3,(H,21,22). The summed E-state index contributed by atoms with van der Waals surface area (Å²) in [5.41, 5.74) is 1.26. The Morgan fingerprint density at radius 3 is 2.18 bits per heavy atom. The summed E-state index contributed by atoms with van der Waals surface area (Å²) in [6, 6.07) is 10.5. The van der Waals surface area contributed by atoms with Crippen molar-refractivity contribution in [2.45, 2.75) is 53.0 Å². The zero-order chi connectivity index (χ0) is 16.5. The van der Waals surface area contributed by atoms with Crippen LogP contribution in [0, 0.1) is 17.8 Å². The maximum atomic E-state index is 10.9. The third kappa shape index (κ3) is 7.08. The summed E-state index contributed by atoms with van der Waals surface area (Å²) in [7, 11) is 0. The number of hydrogen-bond donors (Lipinski definition) is 2. The third-order valence-corrected chi connectivity index (χ3v) is 4.39. The van der Waals surface area contributed by atoms with Crippen LogP contribution in [0.15, 0.2) is 30.3 Å². The Morgan fingerprint density at radius 2 is 1.68 bits per heavy atom. The fourth-order valence-corrected chi connectivity index (χ4v) is 3.02. The van der Waals surface area contributed by atoms with Gasteiger partial charge in [-0.3, -0.25) is 4.79 Å². The first-order chi connectivity index (χ1) is 10.4. The molecular formula is C19H31NO2. The summed E-state index contributed by atoms with van der Waals surface area (Å²) < 4.78 is 0. The number of nitrogens with one attached hydrogen (secondary N) is 1. The van der Waals surface area contributed by atoms with Crippen molar-refractivity contribution in [3.05, 3.63) is 35.9 Å². The van der Waals surface area contributed by atoms with Crippen LogP contribution in [0.3, 0.4) is 0 Å². The van der Waals surface area contributed by atoms with Gasteiger partial charge in [0.05, 0.1) is 0 Å². The summed E-state index contributed by atoms with van der Waals surface area (Å²) in [5.74, 6) is 1.15. The molecule has 2 N–H and O–H groups in total. The third-order valence-electron chi connectivity index (χ3n) is 4.39. The van der Waals surface area contributed by atoms with E-state index in [2.05, 4.69) is 45.1 Å². The van der Waals surface area contributed by atoms with Crippen LogP contribution in [0.1, 0.15) is 46.1 Å². The molecule has 0 heterocycles. The van der Waals surface area contributed by atoms with Crippen molar-refractivity contribution in [1.82, 2.24) is 5.32 Å². The molecule has 0 aliphatic heterocycles. The molecule has 1 atom stereocenters. The number of hydrogen-bond acceptors (Lipinski definition) is 2. The molecule has 0 fully saturated rings. The molecular weight excluding hydrogens is 274 g/mol.